The number of carbonyl (C=O) groups is 1. The van der Waals surface area contributed by atoms with Crippen molar-refractivity contribution in [1.82, 2.24) is 0 Å². The smallest absolute Gasteiger partial charge is 0.311 e. The van der Waals surface area contributed by atoms with Crippen molar-refractivity contribution in [1.29, 1.82) is 0 Å². The Balaban J connectivity index is 2.57. The second kappa shape index (κ2) is 7.44. The summed E-state index contributed by atoms with van der Waals surface area (Å²) in [5.74, 6) is 0.444. The zero-order chi connectivity index (χ0) is 12.5. The predicted octanol–water partition coefficient (Wildman–Crippen LogP) is 3.68. The molecule has 2 nitrogen and oxygen atoms in total. The van der Waals surface area contributed by atoms with E-state index >= 15 is 0 Å². The summed E-state index contributed by atoms with van der Waals surface area (Å²) in [6, 6.07) is 7.53. The van der Waals surface area contributed by atoms with Gasteiger partial charge in [0.25, 0.3) is 0 Å². The molecule has 0 saturated carbocycles. The van der Waals surface area contributed by atoms with E-state index in [1.54, 1.807) is 12.2 Å². The molecule has 0 aliphatic rings. The second-order valence-corrected chi connectivity index (χ2v) is 3.76. The van der Waals surface area contributed by atoms with Crippen molar-refractivity contribution < 1.29 is 9.53 Å². The van der Waals surface area contributed by atoms with Crippen molar-refractivity contribution >= 4 is 5.97 Å². The fourth-order valence-corrected chi connectivity index (χ4v) is 1.49. The molecule has 0 aromatic heterocycles. The van der Waals surface area contributed by atoms with Crippen LogP contribution in [0.4, 0.5) is 0 Å². The predicted molar refractivity (Wildman–Crippen MR) is 70.0 cm³/mol. The van der Waals surface area contributed by atoms with E-state index in [0.29, 0.717) is 18.6 Å². The largest absolute Gasteiger partial charge is 0.426 e. The molecule has 0 fully saturated rings. The van der Waals surface area contributed by atoms with Gasteiger partial charge in [-0.3, -0.25) is 4.79 Å². The maximum Gasteiger partial charge on any atom is 0.311 e. The van der Waals surface area contributed by atoms with Crippen molar-refractivity contribution in [3.8, 4) is 5.75 Å². The number of esters is 1. The standard InChI is InChI=1S/C15H18O2/c1-3-5-6-12-15(16)17-14-11-8-7-10-13(14)9-4-2/h3-4,7-8,10-11H,1-2,5-6,9,12H2. The van der Waals surface area contributed by atoms with Crippen LogP contribution in [0.5, 0.6) is 5.75 Å². The monoisotopic (exact) mass is 230 g/mol. The summed E-state index contributed by atoms with van der Waals surface area (Å²) in [4.78, 5) is 11.6. The summed E-state index contributed by atoms with van der Waals surface area (Å²) in [5, 5.41) is 0. The van der Waals surface area contributed by atoms with Crippen LogP contribution >= 0.6 is 0 Å². The quantitative estimate of drug-likeness (QED) is 0.309. The van der Waals surface area contributed by atoms with Crippen molar-refractivity contribution in [2.75, 3.05) is 0 Å². The number of hydrogen-bond acceptors (Lipinski definition) is 2. The SMILES string of the molecule is C=CCCCC(=O)Oc1ccccc1CC=C. The third kappa shape index (κ3) is 4.68. The fourth-order valence-electron chi connectivity index (χ4n) is 1.49. The molecule has 0 unspecified atom stereocenters. The van der Waals surface area contributed by atoms with Crippen LogP contribution < -0.4 is 4.74 Å². The highest BCUT2D eigenvalue weighted by Gasteiger charge is 2.07. The van der Waals surface area contributed by atoms with Crippen LogP contribution in [-0.4, -0.2) is 5.97 Å². The second-order valence-electron chi connectivity index (χ2n) is 3.76. The Morgan fingerprint density at radius 1 is 1.24 bits per heavy atom. The van der Waals surface area contributed by atoms with Crippen LogP contribution in [0.3, 0.4) is 0 Å². The van der Waals surface area contributed by atoms with Gasteiger partial charge in [-0.25, -0.2) is 0 Å². The van der Waals surface area contributed by atoms with E-state index in [1.807, 2.05) is 24.3 Å². The first kappa shape index (κ1) is 13.2. The van der Waals surface area contributed by atoms with E-state index in [1.165, 1.54) is 0 Å². The molecule has 0 aliphatic heterocycles. The molecule has 0 atom stereocenters. The summed E-state index contributed by atoms with van der Waals surface area (Å²) in [5.41, 5.74) is 0.986. The summed E-state index contributed by atoms with van der Waals surface area (Å²) < 4.78 is 5.32. The van der Waals surface area contributed by atoms with Gasteiger partial charge in [0, 0.05) is 6.42 Å². The molecule has 0 heterocycles. The third-order valence-electron chi connectivity index (χ3n) is 2.35. The van der Waals surface area contributed by atoms with Crippen LogP contribution in [0.25, 0.3) is 0 Å². The zero-order valence-corrected chi connectivity index (χ0v) is 10.0. The zero-order valence-electron chi connectivity index (χ0n) is 10.0. The normalized spacial score (nSPS) is 9.65. The molecule has 0 bridgehead atoms. The van der Waals surface area contributed by atoms with Crippen molar-refractivity contribution in [2.45, 2.75) is 25.7 Å². The number of rotatable bonds is 7. The van der Waals surface area contributed by atoms with Gasteiger partial charge in [-0.2, -0.15) is 0 Å². The molecule has 1 aromatic rings. The highest BCUT2D eigenvalue weighted by Crippen LogP contribution is 2.19. The maximum atomic E-state index is 11.6. The van der Waals surface area contributed by atoms with Gasteiger partial charge in [0.2, 0.25) is 0 Å². The molecular formula is C15H18O2. The van der Waals surface area contributed by atoms with E-state index in [2.05, 4.69) is 13.2 Å². The van der Waals surface area contributed by atoms with Gasteiger partial charge in [0.1, 0.15) is 5.75 Å². The Morgan fingerprint density at radius 2 is 2.00 bits per heavy atom. The summed E-state index contributed by atoms with van der Waals surface area (Å²) in [7, 11) is 0. The van der Waals surface area contributed by atoms with E-state index < -0.39 is 0 Å². The van der Waals surface area contributed by atoms with Gasteiger partial charge in [0.15, 0.2) is 0 Å². The lowest BCUT2D eigenvalue weighted by molar-refractivity contribution is -0.134. The lowest BCUT2D eigenvalue weighted by Crippen LogP contribution is -2.08. The minimum atomic E-state index is -0.191. The number of para-hydroxylation sites is 1. The summed E-state index contributed by atoms with van der Waals surface area (Å²) in [6.07, 6.45) is 6.35. The van der Waals surface area contributed by atoms with Crippen molar-refractivity contribution in [3.05, 3.63) is 55.1 Å². The van der Waals surface area contributed by atoms with Gasteiger partial charge in [-0.1, -0.05) is 30.4 Å². The van der Waals surface area contributed by atoms with Gasteiger partial charge < -0.3 is 4.74 Å². The molecule has 2 heteroatoms. The molecule has 0 spiro atoms. The van der Waals surface area contributed by atoms with Crippen LogP contribution in [-0.2, 0) is 11.2 Å². The van der Waals surface area contributed by atoms with Crippen LogP contribution in [0.1, 0.15) is 24.8 Å². The number of carbonyl (C=O) groups excluding carboxylic acids is 1. The van der Waals surface area contributed by atoms with Crippen molar-refractivity contribution in [3.63, 3.8) is 0 Å². The van der Waals surface area contributed by atoms with E-state index in [9.17, 15) is 4.79 Å². The maximum absolute atomic E-state index is 11.6. The molecule has 1 rings (SSSR count). The Hall–Kier alpha value is -1.83. The lowest BCUT2D eigenvalue weighted by Gasteiger charge is -2.08. The van der Waals surface area contributed by atoms with Gasteiger partial charge >= 0.3 is 5.97 Å². The molecule has 1 aromatic carbocycles. The average Bonchev–Trinajstić information content (AvgIpc) is 2.32. The first-order valence-electron chi connectivity index (χ1n) is 5.78. The number of benzene rings is 1. The van der Waals surface area contributed by atoms with Crippen LogP contribution in [0.2, 0.25) is 0 Å². The van der Waals surface area contributed by atoms with E-state index in [0.717, 1.165) is 18.4 Å². The van der Waals surface area contributed by atoms with Gasteiger partial charge in [-0.05, 0) is 30.9 Å². The van der Waals surface area contributed by atoms with E-state index in [-0.39, 0.29) is 5.97 Å². The highest BCUT2D eigenvalue weighted by atomic mass is 16.5. The summed E-state index contributed by atoms with van der Waals surface area (Å²) in [6.45, 7) is 7.30. The first-order valence-corrected chi connectivity index (χ1v) is 5.78. The molecule has 17 heavy (non-hydrogen) atoms. The topological polar surface area (TPSA) is 26.3 Å². The molecule has 90 valence electrons. The Bertz CT molecular complexity index is 394. The Kier molecular flexibility index (Phi) is 5.80. The van der Waals surface area contributed by atoms with Crippen LogP contribution in [0.15, 0.2) is 49.6 Å². The number of allylic oxidation sites excluding steroid dienone is 2. The molecule has 0 amide bonds. The van der Waals surface area contributed by atoms with E-state index in [4.69, 9.17) is 4.74 Å². The average molecular weight is 230 g/mol. The first-order chi connectivity index (χ1) is 8.27. The summed E-state index contributed by atoms with van der Waals surface area (Å²) >= 11 is 0. The van der Waals surface area contributed by atoms with Crippen LogP contribution in [0, 0.1) is 0 Å². The minimum Gasteiger partial charge on any atom is -0.426 e. The molecule has 0 N–H and O–H groups in total. The number of hydrogen-bond donors (Lipinski definition) is 0. The lowest BCUT2D eigenvalue weighted by atomic mass is 10.1. The molecule has 0 saturated heterocycles. The number of ether oxygens (including phenoxy) is 1. The van der Waals surface area contributed by atoms with Crippen molar-refractivity contribution in [2.24, 2.45) is 0 Å². The Labute approximate surface area is 103 Å². The van der Waals surface area contributed by atoms with Gasteiger partial charge in [0.05, 0.1) is 0 Å². The minimum absolute atomic E-state index is 0.191. The molecular weight excluding hydrogens is 212 g/mol. The molecule has 0 radical (unpaired) electrons. The Morgan fingerprint density at radius 3 is 2.71 bits per heavy atom. The van der Waals surface area contributed by atoms with Gasteiger partial charge in [-0.15, -0.1) is 13.2 Å². The highest BCUT2D eigenvalue weighted by molar-refractivity contribution is 5.72. The third-order valence-corrected chi connectivity index (χ3v) is 2.35. The fraction of sp³-hybridized carbons (Fsp3) is 0.267. The molecule has 0 aliphatic carbocycles. The number of unbranched alkanes of at least 4 members (excludes halogenated alkanes) is 1.